The molecule has 2 aromatic carbocycles. The first-order chi connectivity index (χ1) is 29.9. The van der Waals surface area contributed by atoms with Crippen molar-refractivity contribution >= 4 is 56.7 Å². The zero-order valence-electron chi connectivity index (χ0n) is 37.3. The van der Waals surface area contributed by atoms with E-state index in [4.69, 9.17) is 20.0 Å². The lowest BCUT2D eigenvalue weighted by Crippen LogP contribution is -2.21. The number of nitrogens with one attached hydrogen (secondary N) is 6. The van der Waals surface area contributed by atoms with Crippen molar-refractivity contribution in [3.8, 4) is 0 Å². The van der Waals surface area contributed by atoms with Crippen molar-refractivity contribution < 1.29 is 0 Å². The van der Waals surface area contributed by atoms with E-state index < -0.39 is 0 Å². The lowest BCUT2D eigenvalue weighted by atomic mass is 9.88. The number of halogens is 2. The Morgan fingerprint density at radius 1 is 0.403 bits per heavy atom. The average Bonchev–Trinajstić information content (AvgIpc) is 3.90. The minimum absolute atomic E-state index is 0.0316. The third kappa shape index (κ3) is 9.99. The summed E-state index contributed by atoms with van der Waals surface area (Å²) in [6, 6.07) is 17.2. The molecule has 10 nitrogen and oxygen atoms in total. The molecule has 0 atom stereocenters. The number of fused-ring (bicyclic) bond motifs is 8. The minimum Gasteiger partial charge on any atom is -0.356 e. The van der Waals surface area contributed by atoms with E-state index in [1.165, 1.54) is 55.6 Å². The molecule has 0 aliphatic carbocycles. The van der Waals surface area contributed by atoms with Crippen molar-refractivity contribution in [2.75, 3.05) is 52.4 Å². The van der Waals surface area contributed by atoms with E-state index in [9.17, 15) is 0 Å². The van der Waals surface area contributed by atoms with Gasteiger partial charge in [0.2, 0.25) is 0 Å². The SMILES string of the molecule is Cc1c2[nH]c(c1C)C(c1cccc(Br)c1)c1[nH]c(c(C)c1C)C=NCCNCCN=Cc1[nH]c(c(C)c1C)C(c1cccc(Br)c1)c1[nH]c(c(C)c1C)C=NCCNCCN=C2. The predicted molar refractivity (Wildman–Crippen MR) is 267 cm³/mol. The van der Waals surface area contributed by atoms with Gasteiger partial charge < -0.3 is 30.6 Å². The van der Waals surface area contributed by atoms with Gasteiger partial charge in [0, 0.05) is 82.8 Å². The van der Waals surface area contributed by atoms with Crippen molar-refractivity contribution in [3.05, 3.63) is 159 Å². The topological polar surface area (TPSA) is 137 Å². The van der Waals surface area contributed by atoms with Crippen molar-refractivity contribution in [2.45, 2.75) is 67.2 Å². The third-order valence-corrected chi connectivity index (χ3v) is 13.6. The van der Waals surface area contributed by atoms with Gasteiger partial charge in [-0.1, -0.05) is 56.1 Å². The molecule has 0 unspecified atom stereocenters. The molecule has 12 heteroatoms. The van der Waals surface area contributed by atoms with E-state index in [0.29, 0.717) is 26.2 Å². The van der Waals surface area contributed by atoms with E-state index in [1.807, 2.05) is 24.9 Å². The molecule has 4 aromatic heterocycles. The van der Waals surface area contributed by atoms with Gasteiger partial charge in [-0.05, 0) is 135 Å². The van der Waals surface area contributed by atoms with E-state index in [-0.39, 0.29) is 11.8 Å². The van der Waals surface area contributed by atoms with Crippen LogP contribution < -0.4 is 10.6 Å². The first kappa shape index (κ1) is 45.2. The minimum atomic E-state index is -0.0316. The van der Waals surface area contributed by atoms with Crippen LogP contribution in [-0.4, -0.2) is 97.2 Å². The second kappa shape index (κ2) is 20.5. The number of aliphatic imine (C=N–C) groups is 4. The van der Waals surface area contributed by atoms with Gasteiger partial charge in [0.1, 0.15) is 0 Å². The molecule has 1 aliphatic rings. The number of nitrogens with zero attached hydrogens (tertiary/aromatic N) is 4. The smallest absolute Gasteiger partial charge is 0.0647 e. The van der Waals surface area contributed by atoms with E-state index in [1.54, 1.807) is 0 Å². The first-order valence-corrected chi connectivity index (χ1v) is 23.2. The van der Waals surface area contributed by atoms with Gasteiger partial charge in [0.05, 0.1) is 60.8 Å². The Labute approximate surface area is 383 Å². The highest BCUT2D eigenvalue weighted by Crippen LogP contribution is 2.40. The van der Waals surface area contributed by atoms with Crippen LogP contribution in [0.2, 0.25) is 0 Å². The summed E-state index contributed by atoms with van der Waals surface area (Å²) in [7, 11) is 0. The normalized spacial score (nSPS) is 17.3. The molecule has 6 aromatic rings. The monoisotopic (exact) mass is 958 g/mol. The second-order valence-corrected chi connectivity index (χ2v) is 18.3. The molecular weight excluding hydrogens is 900 g/mol. The molecule has 0 saturated heterocycles. The molecule has 0 radical (unpaired) electrons. The number of hydrogen-bond donors (Lipinski definition) is 6. The van der Waals surface area contributed by atoms with Crippen LogP contribution in [0.1, 0.15) is 113 Å². The number of hydrogen-bond acceptors (Lipinski definition) is 6. The Morgan fingerprint density at radius 3 is 0.935 bits per heavy atom. The highest BCUT2D eigenvalue weighted by molar-refractivity contribution is 9.10. The number of benzene rings is 2. The molecule has 0 spiro atoms. The molecule has 6 N–H and O–H groups in total. The zero-order valence-corrected chi connectivity index (χ0v) is 40.5. The maximum Gasteiger partial charge on any atom is 0.0647 e. The van der Waals surface area contributed by atoms with E-state index in [2.05, 4.69) is 166 Å². The Kier molecular flexibility index (Phi) is 15.0. The fraction of sp³-hybridized carbons (Fsp3) is 0.360. The van der Waals surface area contributed by atoms with Crippen LogP contribution in [0.4, 0.5) is 0 Å². The molecule has 8 bridgehead atoms. The van der Waals surface area contributed by atoms with Gasteiger partial charge in [-0.15, -0.1) is 0 Å². The lowest BCUT2D eigenvalue weighted by molar-refractivity contribution is 0.699. The number of H-pyrrole nitrogens is 4. The Hall–Kier alpha value is -4.88. The van der Waals surface area contributed by atoms with Crippen LogP contribution in [-0.2, 0) is 0 Å². The summed E-state index contributed by atoms with van der Waals surface area (Å²) in [5, 5.41) is 7.06. The molecule has 5 heterocycles. The average molecular weight is 961 g/mol. The summed E-state index contributed by atoms with van der Waals surface area (Å²) in [4.78, 5) is 34.5. The Morgan fingerprint density at radius 2 is 0.677 bits per heavy atom. The molecule has 7 rings (SSSR count). The van der Waals surface area contributed by atoms with Gasteiger partial charge in [0.25, 0.3) is 0 Å². The fourth-order valence-corrected chi connectivity index (χ4v) is 9.23. The van der Waals surface area contributed by atoms with Gasteiger partial charge in [0.15, 0.2) is 0 Å². The summed E-state index contributed by atoms with van der Waals surface area (Å²) in [5.74, 6) is -0.0631. The lowest BCUT2D eigenvalue weighted by Gasteiger charge is -2.19. The number of aromatic amines is 4. The van der Waals surface area contributed by atoms with Crippen molar-refractivity contribution in [2.24, 2.45) is 20.0 Å². The molecule has 0 saturated carbocycles. The van der Waals surface area contributed by atoms with Crippen LogP contribution in [0.3, 0.4) is 0 Å². The summed E-state index contributed by atoms with van der Waals surface area (Å²) in [5.41, 5.74) is 20.9. The second-order valence-electron chi connectivity index (χ2n) is 16.4. The standard InChI is InChI=1S/C50H60Br2N10/c1-29-33(5)47-45(37-11-9-13-39(51)23-37)48-34(6)30(2)42(60-48)26-56-21-17-54-18-22-58-28-44-32(4)36(8)50(62-44)46(38-12-10-14-40(52)24-38)49-35(7)31(3)43(61-49)27-57-20-16-53-15-19-55-25-41(29)59-47/h9-14,23-28,45-46,53-54,59-62H,15-22H2,1-8H3. The fourth-order valence-electron chi connectivity index (χ4n) is 8.39. The molecule has 62 heavy (non-hydrogen) atoms. The molecular formula is C50H60Br2N10. The van der Waals surface area contributed by atoms with Gasteiger partial charge in [-0.25, -0.2) is 0 Å². The highest BCUT2D eigenvalue weighted by Gasteiger charge is 2.29. The summed E-state index contributed by atoms with van der Waals surface area (Å²) in [6.45, 7) is 23.3. The van der Waals surface area contributed by atoms with Gasteiger partial charge >= 0.3 is 0 Å². The zero-order chi connectivity index (χ0) is 43.9. The van der Waals surface area contributed by atoms with Crippen LogP contribution in [0.15, 0.2) is 77.4 Å². The van der Waals surface area contributed by atoms with Gasteiger partial charge in [-0.2, -0.15) is 0 Å². The van der Waals surface area contributed by atoms with Crippen molar-refractivity contribution in [3.63, 3.8) is 0 Å². The molecule has 324 valence electrons. The Balaban J connectivity index is 1.17. The molecule has 0 amide bonds. The third-order valence-electron chi connectivity index (χ3n) is 12.6. The summed E-state index contributed by atoms with van der Waals surface area (Å²) in [6.07, 6.45) is 7.96. The summed E-state index contributed by atoms with van der Waals surface area (Å²) >= 11 is 7.48. The first-order valence-electron chi connectivity index (χ1n) is 21.6. The number of rotatable bonds is 2. The van der Waals surface area contributed by atoms with Crippen LogP contribution in [0.25, 0.3) is 0 Å². The molecule has 1 aliphatic heterocycles. The van der Waals surface area contributed by atoms with Crippen LogP contribution in [0.5, 0.6) is 0 Å². The van der Waals surface area contributed by atoms with Crippen LogP contribution >= 0.6 is 31.9 Å². The quantitative estimate of drug-likeness (QED) is 0.103. The Bertz CT molecular complexity index is 2320. The van der Waals surface area contributed by atoms with Crippen LogP contribution in [0, 0.1) is 55.4 Å². The predicted octanol–water partition coefficient (Wildman–Crippen LogP) is 9.92. The van der Waals surface area contributed by atoms with E-state index in [0.717, 1.165) is 80.7 Å². The van der Waals surface area contributed by atoms with Crippen molar-refractivity contribution in [1.29, 1.82) is 0 Å². The van der Waals surface area contributed by atoms with Gasteiger partial charge in [-0.3, -0.25) is 20.0 Å². The number of aromatic nitrogens is 4. The molecule has 0 fully saturated rings. The largest absolute Gasteiger partial charge is 0.356 e. The maximum atomic E-state index is 4.84. The maximum absolute atomic E-state index is 4.84. The van der Waals surface area contributed by atoms with Crippen molar-refractivity contribution in [1.82, 2.24) is 30.6 Å². The summed E-state index contributed by atoms with van der Waals surface area (Å²) < 4.78 is 2.10. The highest BCUT2D eigenvalue weighted by atomic mass is 79.9. The van der Waals surface area contributed by atoms with E-state index >= 15 is 0 Å².